The van der Waals surface area contributed by atoms with Gasteiger partial charge in [0.25, 0.3) is 17.6 Å². The third-order valence-corrected chi connectivity index (χ3v) is 2.31. The van der Waals surface area contributed by atoms with E-state index in [1.807, 2.05) is 5.32 Å². The van der Waals surface area contributed by atoms with E-state index in [-0.39, 0.29) is 5.69 Å². The maximum atomic E-state index is 12.7. The Kier molecular flexibility index (Phi) is 6.86. The van der Waals surface area contributed by atoms with Gasteiger partial charge < -0.3 is 15.5 Å². The van der Waals surface area contributed by atoms with Crippen LogP contribution in [0.3, 0.4) is 0 Å². The molecule has 0 aromatic heterocycles. The predicted molar refractivity (Wildman–Crippen MR) is 76.3 cm³/mol. The van der Waals surface area contributed by atoms with E-state index in [1.165, 1.54) is 0 Å². The number of aliphatic hydroxyl groups is 1. The highest BCUT2D eigenvalue weighted by Gasteiger charge is 2.38. The van der Waals surface area contributed by atoms with E-state index < -0.39 is 39.8 Å². The molecule has 0 saturated heterocycles. The summed E-state index contributed by atoms with van der Waals surface area (Å²) in [7, 11) is 0. The summed E-state index contributed by atoms with van der Waals surface area (Å²) in [4.78, 5) is 29.8. The van der Waals surface area contributed by atoms with Gasteiger partial charge in [-0.3, -0.25) is 19.7 Å². The minimum Gasteiger partial charge on any atom is -0.481 e. The molecule has 0 atom stereocenters. The number of nitrogens with zero attached hydrogens (tertiary/aromatic N) is 1. The van der Waals surface area contributed by atoms with Gasteiger partial charge in [0.15, 0.2) is 0 Å². The van der Waals surface area contributed by atoms with Gasteiger partial charge in [-0.25, -0.2) is 0 Å². The van der Waals surface area contributed by atoms with Crippen molar-refractivity contribution in [3.05, 3.63) is 33.9 Å². The van der Waals surface area contributed by atoms with E-state index in [4.69, 9.17) is 9.90 Å². The number of halogens is 3. The molecule has 0 bridgehead atoms. The number of aliphatic carboxylic acids is 1. The van der Waals surface area contributed by atoms with Crippen molar-refractivity contribution in [2.75, 3.05) is 5.32 Å². The maximum Gasteiger partial charge on any atom is 0.423 e. The fourth-order valence-corrected chi connectivity index (χ4v) is 1.28. The molecular weight excluding hydrogens is 337 g/mol. The molecule has 0 unspecified atom stereocenters. The van der Waals surface area contributed by atoms with Gasteiger partial charge in [0.1, 0.15) is 11.2 Å². The van der Waals surface area contributed by atoms with Gasteiger partial charge in [-0.05, 0) is 26.0 Å². The first-order valence-electron chi connectivity index (χ1n) is 6.25. The topological polar surface area (TPSA) is 130 Å². The van der Waals surface area contributed by atoms with E-state index in [0.29, 0.717) is 12.1 Å². The lowest BCUT2D eigenvalue weighted by atomic mass is 10.1. The zero-order valence-corrected chi connectivity index (χ0v) is 12.8. The number of carboxylic acids is 1. The summed E-state index contributed by atoms with van der Waals surface area (Å²) in [5, 5.41) is 29.4. The standard InChI is InChI=1S/C11H11F3N2O4.C2H4O2/c1-10(2,18)9(17)15-6-3-4-8(16(19)20)7(5-6)11(12,13)14;1-2(3)4/h3-5,18H,1-2H3,(H,15,17);1H3,(H,3,4). The number of anilines is 1. The van der Waals surface area contributed by atoms with Crippen molar-refractivity contribution in [3.63, 3.8) is 0 Å². The number of nitro groups is 1. The minimum absolute atomic E-state index is 0.296. The van der Waals surface area contributed by atoms with Crippen LogP contribution in [0.5, 0.6) is 0 Å². The van der Waals surface area contributed by atoms with Gasteiger partial charge in [0.05, 0.1) is 4.92 Å². The van der Waals surface area contributed by atoms with Crippen molar-refractivity contribution >= 4 is 23.3 Å². The van der Waals surface area contributed by atoms with Gasteiger partial charge in [-0.15, -0.1) is 0 Å². The highest BCUT2D eigenvalue weighted by atomic mass is 19.4. The zero-order chi connectivity index (χ0) is 19.3. The molecule has 1 aromatic rings. The summed E-state index contributed by atoms with van der Waals surface area (Å²) in [5.41, 5.74) is -4.68. The summed E-state index contributed by atoms with van der Waals surface area (Å²) in [6.45, 7) is 3.39. The van der Waals surface area contributed by atoms with E-state index in [9.17, 15) is 33.2 Å². The normalized spacial score (nSPS) is 11.1. The third-order valence-electron chi connectivity index (χ3n) is 2.31. The molecule has 0 heterocycles. The van der Waals surface area contributed by atoms with Crippen LogP contribution in [0.2, 0.25) is 0 Å². The molecule has 24 heavy (non-hydrogen) atoms. The number of carboxylic acid groups (broad SMARTS) is 1. The van der Waals surface area contributed by atoms with Gasteiger partial charge in [0, 0.05) is 18.7 Å². The molecule has 1 aromatic carbocycles. The highest BCUT2D eigenvalue weighted by Crippen LogP contribution is 2.37. The van der Waals surface area contributed by atoms with Gasteiger partial charge in [-0.2, -0.15) is 13.2 Å². The number of nitro benzene ring substituents is 1. The molecule has 0 aliphatic rings. The predicted octanol–water partition coefficient (Wildman–Crippen LogP) is 2.41. The van der Waals surface area contributed by atoms with Gasteiger partial charge in [-0.1, -0.05) is 0 Å². The lowest BCUT2D eigenvalue weighted by molar-refractivity contribution is -0.388. The second kappa shape index (κ2) is 7.73. The lowest BCUT2D eigenvalue weighted by Crippen LogP contribution is -2.36. The Morgan fingerprint density at radius 2 is 1.71 bits per heavy atom. The number of nitrogens with one attached hydrogen (secondary N) is 1. The van der Waals surface area contributed by atoms with Crippen LogP contribution in [0.25, 0.3) is 0 Å². The molecule has 0 aliphatic heterocycles. The monoisotopic (exact) mass is 352 g/mol. The molecule has 0 spiro atoms. The Labute approximate surface area is 134 Å². The molecule has 0 saturated carbocycles. The van der Waals surface area contributed by atoms with Crippen LogP contribution < -0.4 is 5.32 Å². The Morgan fingerprint density at radius 3 is 2.04 bits per heavy atom. The summed E-state index contributed by atoms with van der Waals surface area (Å²) >= 11 is 0. The Hall–Kier alpha value is -2.69. The second-order valence-corrected chi connectivity index (χ2v) is 5.02. The number of hydrogen-bond acceptors (Lipinski definition) is 5. The first-order chi connectivity index (χ1) is 10.7. The second-order valence-electron chi connectivity index (χ2n) is 5.02. The van der Waals surface area contributed by atoms with Crippen molar-refractivity contribution in [2.24, 2.45) is 0 Å². The minimum atomic E-state index is -4.93. The molecule has 1 amide bonds. The van der Waals surface area contributed by atoms with Crippen LogP contribution >= 0.6 is 0 Å². The summed E-state index contributed by atoms with van der Waals surface area (Å²) < 4.78 is 38.1. The van der Waals surface area contributed by atoms with Crippen molar-refractivity contribution < 1.29 is 37.9 Å². The molecule has 8 nitrogen and oxygen atoms in total. The Balaban J connectivity index is 0.00000118. The molecule has 0 fully saturated rings. The summed E-state index contributed by atoms with van der Waals surface area (Å²) in [6.07, 6.45) is -4.93. The molecule has 3 N–H and O–H groups in total. The molecule has 0 radical (unpaired) electrons. The smallest absolute Gasteiger partial charge is 0.423 e. The number of carbonyl (C=O) groups excluding carboxylic acids is 1. The van der Waals surface area contributed by atoms with E-state index in [0.717, 1.165) is 26.8 Å². The van der Waals surface area contributed by atoms with Gasteiger partial charge in [0.2, 0.25) is 0 Å². The van der Waals surface area contributed by atoms with Crippen molar-refractivity contribution in [3.8, 4) is 0 Å². The first-order valence-corrected chi connectivity index (χ1v) is 6.25. The number of hydrogen-bond donors (Lipinski definition) is 3. The van der Waals surface area contributed by atoms with Crippen LogP contribution in [0.1, 0.15) is 26.3 Å². The Bertz CT molecular complexity index is 634. The van der Waals surface area contributed by atoms with E-state index >= 15 is 0 Å². The maximum absolute atomic E-state index is 12.7. The SMILES string of the molecule is CC(=O)O.CC(C)(O)C(=O)Nc1ccc([N+](=O)[O-])c(C(F)(F)F)c1. The average Bonchev–Trinajstić information content (AvgIpc) is 2.35. The number of benzene rings is 1. The molecule has 0 aliphatic carbocycles. The lowest BCUT2D eigenvalue weighted by Gasteiger charge is -2.17. The average molecular weight is 352 g/mol. The van der Waals surface area contributed by atoms with E-state index in [1.54, 1.807) is 0 Å². The molecular formula is C13H15F3N2O6. The molecule has 1 rings (SSSR count). The molecule has 11 heteroatoms. The largest absolute Gasteiger partial charge is 0.481 e. The number of carbonyl (C=O) groups is 2. The van der Waals surface area contributed by atoms with Crippen molar-refractivity contribution in [1.82, 2.24) is 0 Å². The molecule has 134 valence electrons. The third kappa shape index (κ3) is 7.05. The first kappa shape index (κ1) is 21.3. The summed E-state index contributed by atoms with van der Waals surface area (Å²) in [5.74, 6) is -1.76. The fourth-order valence-electron chi connectivity index (χ4n) is 1.28. The number of alkyl halides is 3. The van der Waals surface area contributed by atoms with Crippen LogP contribution in [0.15, 0.2) is 18.2 Å². The number of amides is 1. The summed E-state index contributed by atoms with van der Waals surface area (Å²) in [6, 6.07) is 2.04. The number of rotatable bonds is 3. The van der Waals surface area contributed by atoms with Crippen LogP contribution in [-0.4, -0.2) is 32.6 Å². The van der Waals surface area contributed by atoms with Crippen LogP contribution in [0, 0.1) is 10.1 Å². The van der Waals surface area contributed by atoms with Crippen molar-refractivity contribution in [2.45, 2.75) is 32.5 Å². The zero-order valence-electron chi connectivity index (χ0n) is 12.8. The van der Waals surface area contributed by atoms with E-state index in [2.05, 4.69) is 0 Å². The van der Waals surface area contributed by atoms with Crippen LogP contribution in [-0.2, 0) is 15.8 Å². The Morgan fingerprint density at radius 1 is 1.25 bits per heavy atom. The highest BCUT2D eigenvalue weighted by molar-refractivity contribution is 5.96. The van der Waals surface area contributed by atoms with Crippen LogP contribution in [0.4, 0.5) is 24.5 Å². The van der Waals surface area contributed by atoms with Crippen molar-refractivity contribution in [1.29, 1.82) is 0 Å². The van der Waals surface area contributed by atoms with Gasteiger partial charge >= 0.3 is 6.18 Å². The fraction of sp³-hybridized carbons (Fsp3) is 0.385. The quantitative estimate of drug-likeness (QED) is 0.566.